The van der Waals surface area contributed by atoms with Crippen LogP contribution in [-0.4, -0.2) is 22.6 Å². The minimum Gasteiger partial charge on any atom is -0.0677 e. The number of hydrogen-bond donors (Lipinski definition) is 0. The Balaban J connectivity index is 1.23. The van der Waals surface area contributed by atoms with Crippen LogP contribution < -0.4 is 10.6 Å². The van der Waals surface area contributed by atoms with E-state index < -0.39 is 0 Å². The molecule has 0 aromatic heterocycles. The van der Waals surface area contributed by atoms with Crippen LogP contribution in [0, 0.1) is 69.0 Å². The summed E-state index contributed by atoms with van der Waals surface area (Å²) in [6.45, 7) is 30.4. The van der Waals surface area contributed by atoms with Crippen molar-refractivity contribution < 1.29 is 0 Å². The molecule has 2 saturated heterocycles. The number of rotatable bonds is 6. The second-order valence-electron chi connectivity index (χ2n) is 25.6. The highest BCUT2D eigenvalue weighted by molar-refractivity contribution is 7.73. The van der Waals surface area contributed by atoms with Gasteiger partial charge in [-0.05, 0) is 231 Å². The summed E-state index contributed by atoms with van der Waals surface area (Å²) >= 11 is 0. The molecule has 4 saturated carbocycles. The predicted molar refractivity (Wildman–Crippen MR) is 253 cm³/mol. The van der Waals surface area contributed by atoms with E-state index in [0.29, 0.717) is 21.7 Å². The monoisotopic (exact) mass is 803 g/mol. The largest absolute Gasteiger partial charge is 0.0677 e. The second-order valence-corrected chi connectivity index (χ2v) is 30.9. The van der Waals surface area contributed by atoms with E-state index in [0.717, 1.165) is 70.0 Å². The van der Waals surface area contributed by atoms with Gasteiger partial charge in [-0.3, -0.25) is 0 Å². The maximum Gasteiger partial charge on any atom is -0.0138 e. The third-order valence-electron chi connectivity index (χ3n) is 18.5. The molecule has 2 heteroatoms. The van der Waals surface area contributed by atoms with Crippen molar-refractivity contribution in [3.05, 3.63) is 24.3 Å². The highest BCUT2D eigenvalue weighted by Gasteiger charge is 2.51. The standard InChI is InChI=1S/C54H92P2/c1-51(2,3)41-25-17-37(18-26-41)45-33-34-46(38-19-27-42(28-20-38)52(4,5)6)55(45)49-15-13-14-16-50(49)56-47(39-21-29-43(30-22-39)53(7,8)9)35-36-48(56)40-23-31-44(32-24-40)54(10,11)12/h13-16,37-48H,17-36H2,1-12H3/t37?,38?,39?,40?,41?,42?,43?,44?,45-,46-,47-,48-,55?,56?/m0/s1. The lowest BCUT2D eigenvalue weighted by atomic mass is 9.68. The van der Waals surface area contributed by atoms with E-state index >= 15 is 0 Å². The van der Waals surface area contributed by atoms with Gasteiger partial charge < -0.3 is 0 Å². The molecule has 1 aromatic rings. The summed E-state index contributed by atoms with van der Waals surface area (Å²) in [5, 5.41) is 4.00. The van der Waals surface area contributed by atoms with Crippen LogP contribution in [-0.2, 0) is 0 Å². The van der Waals surface area contributed by atoms with Crippen molar-refractivity contribution in [3.8, 4) is 0 Å². The van der Waals surface area contributed by atoms with Crippen molar-refractivity contribution in [2.75, 3.05) is 0 Å². The van der Waals surface area contributed by atoms with Crippen LogP contribution in [0.2, 0.25) is 0 Å². The zero-order valence-corrected chi connectivity index (χ0v) is 41.1. The van der Waals surface area contributed by atoms with Crippen molar-refractivity contribution in [1.82, 2.24) is 0 Å². The zero-order valence-electron chi connectivity index (χ0n) is 39.3. The van der Waals surface area contributed by atoms with E-state index in [4.69, 9.17) is 0 Å². The average molecular weight is 803 g/mol. The van der Waals surface area contributed by atoms with Gasteiger partial charge in [-0.2, -0.15) is 0 Å². The topological polar surface area (TPSA) is 0 Å². The van der Waals surface area contributed by atoms with Crippen molar-refractivity contribution in [1.29, 1.82) is 0 Å². The first kappa shape index (κ1) is 44.1. The van der Waals surface area contributed by atoms with E-state index in [-0.39, 0.29) is 15.8 Å². The van der Waals surface area contributed by atoms with Crippen molar-refractivity contribution >= 4 is 26.5 Å². The molecule has 318 valence electrons. The van der Waals surface area contributed by atoms with Gasteiger partial charge in [0.25, 0.3) is 0 Å². The SMILES string of the molecule is CC(C)(C)C1CCC([C@@H]2CC[C@@H](C3CCC(C(C)(C)C)CC3)P2c2ccccc2P2[C@H](C3CCC(C(C)(C)C)CC3)CC[C@H]2C2CCC(C(C)(C)C)CC2)CC1. The first-order chi connectivity index (χ1) is 26.3. The van der Waals surface area contributed by atoms with E-state index in [1.54, 1.807) is 25.7 Å². The summed E-state index contributed by atoms with van der Waals surface area (Å²) in [5.74, 6) is 7.61. The van der Waals surface area contributed by atoms with E-state index in [1.165, 1.54) is 103 Å². The third kappa shape index (κ3) is 9.74. The Bertz CT molecular complexity index is 1190. The molecule has 0 bridgehead atoms. The van der Waals surface area contributed by atoms with Crippen LogP contribution >= 0.6 is 15.8 Å². The van der Waals surface area contributed by atoms with Crippen LogP contribution in [0.1, 0.15) is 212 Å². The molecule has 2 heterocycles. The third-order valence-corrected chi connectivity index (χ3v) is 26.2. The lowest BCUT2D eigenvalue weighted by Crippen LogP contribution is -2.38. The van der Waals surface area contributed by atoms with Gasteiger partial charge in [0.2, 0.25) is 0 Å². The predicted octanol–water partition coefficient (Wildman–Crippen LogP) is 16.4. The fourth-order valence-electron chi connectivity index (χ4n) is 14.7. The fourth-order valence-corrected chi connectivity index (χ4v) is 23.7. The van der Waals surface area contributed by atoms with Crippen molar-refractivity contribution in [2.24, 2.45) is 69.0 Å². The molecule has 2 aliphatic heterocycles. The second kappa shape index (κ2) is 17.5. The Hall–Kier alpha value is 0.0800. The molecule has 0 nitrogen and oxygen atoms in total. The quantitative estimate of drug-likeness (QED) is 0.251. The minimum absolute atomic E-state index is 0.137. The molecule has 6 fully saturated rings. The van der Waals surface area contributed by atoms with Crippen molar-refractivity contribution in [2.45, 2.75) is 234 Å². The molecule has 7 rings (SSSR count). The molecule has 1 aromatic carbocycles. The number of hydrogen-bond acceptors (Lipinski definition) is 0. The average Bonchev–Trinajstić information content (AvgIpc) is 3.79. The summed E-state index contributed by atoms with van der Waals surface area (Å²) in [6, 6.07) is 10.7. The molecule has 0 radical (unpaired) electrons. The Morgan fingerprint density at radius 2 is 0.500 bits per heavy atom. The Kier molecular flexibility index (Phi) is 13.8. The molecule has 0 N–H and O–H groups in total. The highest BCUT2D eigenvalue weighted by atomic mass is 31.1. The highest BCUT2D eigenvalue weighted by Crippen LogP contribution is 2.68. The van der Waals surface area contributed by atoms with Gasteiger partial charge in [-0.15, -0.1) is 0 Å². The van der Waals surface area contributed by atoms with Crippen LogP contribution in [0.4, 0.5) is 0 Å². The van der Waals surface area contributed by atoms with E-state index in [9.17, 15) is 0 Å². The summed E-state index contributed by atoms with van der Waals surface area (Å²) < 4.78 is 0. The smallest absolute Gasteiger partial charge is 0.0138 e. The maximum absolute atomic E-state index is 2.82. The molecule has 6 aliphatic rings. The van der Waals surface area contributed by atoms with Gasteiger partial charge >= 0.3 is 0 Å². The molecule has 0 spiro atoms. The van der Waals surface area contributed by atoms with Gasteiger partial charge in [0.15, 0.2) is 0 Å². The molecule has 0 amide bonds. The maximum atomic E-state index is 2.82. The number of benzene rings is 1. The molecule has 4 atom stereocenters. The van der Waals surface area contributed by atoms with Crippen molar-refractivity contribution in [3.63, 3.8) is 0 Å². The summed E-state index contributed by atoms with van der Waals surface area (Å²) in [7, 11) is -0.273. The van der Waals surface area contributed by atoms with Gasteiger partial charge in [0.05, 0.1) is 0 Å². The Morgan fingerprint density at radius 1 is 0.304 bits per heavy atom. The van der Waals surface area contributed by atoms with Gasteiger partial charge in [-0.25, -0.2) is 0 Å². The van der Waals surface area contributed by atoms with E-state index in [2.05, 4.69) is 107 Å². The summed E-state index contributed by atoms with van der Waals surface area (Å²) in [4.78, 5) is 0. The molecule has 4 aliphatic carbocycles. The van der Waals surface area contributed by atoms with Crippen LogP contribution in [0.5, 0.6) is 0 Å². The summed E-state index contributed by atoms with van der Waals surface area (Å²) in [6.07, 6.45) is 30.3. The molecule has 56 heavy (non-hydrogen) atoms. The molecular formula is C54H92P2. The lowest BCUT2D eigenvalue weighted by molar-refractivity contribution is 0.146. The fraction of sp³-hybridized carbons (Fsp3) is 0.889. The van der Waals surface area contributed by atoms with Gasteiger partial charge in [0, 0.05) is 0 Å². The van der Waals surface area contributed by atoms with Crippen LogP contribution in [0.3, 0.4) is 0 Å². The zero-order chi connectivity index (χ0) is 40.2. The summed E-state index contributed by atoms with van der Waals surface area (Å²) in [5.41, 5.74) is 5.82. The Labute approximate surface area is 352 Å². The van der Waals surface area contributed by atoms with E-state index in [1.807, 2.05) is 10.6 Å². The minimum atomic E-state index is -0.137. The van der Waals surface area contributed by atoms with Crippen LogP contribution in [0.15, 0.2) is 24.3 Å². The van der Waals surface area contributed by atoms with Gasteiger partial charge in [-0.1, -0.05) is 123 Å². The van der Waals surface area contributed by atoms with Crippen LogP contribution in [0.25, 0.3) is 0 Å². The Morgan fingerprint density at radius 3 is 0.679 bits per heavy atom. The molecular weight excluding hydrogens is 711 g/mol. The molecule has 0 unspecified atom stereocenters. The first-order valence-corrected chi connectivity index (χ1v) is 27.9. The normalized spacial score (nSPS) is 40.9. The first-order valence-electron chi connectivity index (χ1n) is 25.0. The lowest BCUT2D eigenvalue weighted by Gasteiger charge is -2.45. The van der Waals surface area contributed by atoms with Gasteiger partial charge in [0.1, 0.15) is 0 Å².